The Labute approximate surface area is 178 Å². The van der Waals surface area contributed by atoms with Crippen LogP contribution in [0.2, 0.25) is 0 Å². The van der Waals surface area contributed by atoms with Crippen LogP contribution in [0.5, 0.6) is 5.75 Å². The fraction of sp³-hybridized carbons (Fsp3) is 0.478. The van der Waals surface area contributed by atoms with Gasteiger partial charge < -0.3 is 20.7 Å². The van der Waals surface area contributed by atoms with Gasteiger partial charge in [-0.25, -0.2) is 4.98 Å². The van der Waals surface area contributed by atoms with Crippen molar-refractivity contribution in [1.82, 2.24) is 19.9 Å². The van der Waals surface area contributed by atoms with E-state index in [0.29, 0.717) is 18.6 Å². The van der Waals surface area contributed by atoms with E-state index in [9.17, 15) is 0 Å². The Morgan fingerprint density at radius 1 is 1.20 bits per heavy atom. The summed E-state index contributed by atoms with van der Waals surface area (Å²) in [6.07, 6.45) is 5.44. The standard InChI is InChI=1S/C23H32N6O/c1-4-6-17-11-13-24-15-20(17)27-22-16(3)23(29-21(28-22)12-14-25-29)26-18-7-9-19(10-8-18)30-5-2/h7-10,12,14,17,20,24,26H,4-6,11,13,15H2,1-3H3,(H,27,28). The Morgan fingerprint density at radius 2 is 2.03 bits per heavy atom. The lowest BCUT2D eigenvalue weighted by atomic mass is 9.88. The zero-order valence-corrected chi connectivity index (χ0v) is 18.1. The van der Waals surface area contributed by atoms with Crippen LogP contribution >= 0.6 is 0 Å². The third kappa shape index (κ3) is 4.36. The number of nitrogens with zero attached hydrogens (tertiary/aromatic N) is 3. The molecule has 0 radical (unpaired) electrons. The van der Waals surface area contributed by atoms with Crippen LogP contribution in [0.25, 0.3) is 5.65 Å². The van der Waals surface area contributed by atoms with Crippen LogP contribution in [-0.2, 0) is 0 Å². The van der Waals surface area contributed by atoms with Gasteiger partial charge in [0.2, 0.25) is 0 Å². The summed E-state index contributed by atoms with van der Waals surface area (Å²) < 4.78 is 7.42. The number of benzene rings is 1. The van der Waals surface area contributed by atoms with Gasteiger partial charge in [0, 0.05) is 29.9 Å². The molecule has 0 bridgehead atoms. The molecule has 7 nitrogen and oxygen atoms in total. The first kappa shape index (κ1) is 20.5. The topological polar surface area (TPSA) is 75.5 Å². The van der Waals surface area contributed by atoms with E-state index in [1.165, 1.54) is 19.3 Å². The smallest absolute Gasteiger partial charge is 0.159 e. The van der Waals surface area contributed by atoms with Gasteiger partial charge in [-0.15, -0.1) is 0 Å². The molecule has 1 aliphatic rings. The summed E-state index contributed by atoms with van der Waals surface area (Å²) in [6.45, 7) is 9.08. The van der Waals surface area contributed by atoms with E-state index in [-0.39, 0.29) is 0 Å². The number of anilines is 3. The zero-order chi connectivity index (χ0) is 20.9. The molecule has 3 aromatic rings. The van der Waals surface area contributed by atoms with Gasteiger partial charge in [0.1, 0.15) is 17.4 Å². The molecule has 1 aliphatic heterocycles. The van der Waals surface area contributed by atoms with Gasteiger partial charge in [0.15, 0.2) is 5.65 Å². The molecule has 0 spiro atoms. The first-order chi connectivity index (χ1) is 14.7. The van der Waals surface area contributed by atoms with Crippen molar-refractivity contribution in [1.29, 1.82) is 0 Å². The molecular weight excluding hydrogens is 376 g/mol. The van der Waals surface area contributed by atoms with Gasteiger partial charge in [0.05, 0.1) is 12.8 Å². The quantitative estimate of drug-likeness (QED) is 0.514. The summed E-state index contributed by atoms with van der Waals surface area (Å²) >= 11 is 0. The average Bonchev–Trinajstić information content (AvgIpc) is 3.22. The molecule has 4 rings (SSSR count). The summed E-state index contributed by atoms with van der Waals surface area (Å²) in [5.74, 6) is 3.38. The highest BCUT2D eigenvalue weighted by molar-refractivity contribution is 5.69. The predicted molar refractivity (Wildman–Crippen MR) is 122 cm³/mol. The normalized spacial score (nSPS) is 19.0. The Balaban J connectivity index is 1.63. The summed E-state index contributed by atoms with van der Waals surface area (Å²) in [5.41, 5.74) is 2.87. The minimum atomic E-state index is 0.383. The van der Waals surface area contributed by atoms with E-state index < -0.39 is 0 Å². The maximum atomic E-state index is 5.55. The molecule has 3 N–H and O–H groups in total. The molecule has 2 aromatic heterocycles. The lowest BCUT2D eigenvalue weighted by molar-refractivity contribution is 0.320. The number of ether oxygens (including phenoxy) is 1. The van der Waals surface area contributed by atoms with E-state index in [1.807, 2.05) is 41.8 Å². The summed E-state index contributed by atoms with van der Waals surface area (Å²) in [7, 11) is 0. The van der Waals surface area contributed by atoms with Crippen molar-refractivity contribution in [2.24, 2.45) is 5.92 Å². The molecule has 7 heteroatoms. The highest BCUT2D eigenvalue weighted by atomic mass is 16.5. The summed E-state index contributed by atoms with van der Waals surface area (Å²) in [6, 6.07) is 10.3. The Kier molecular flexibility index (Phi) is 6.38. The zero-order valence-electron chi connectivity index (χ0n) is 18.1. The minimum Gasteiger partial charge on any atom is -0.494 e. The lowest BCUT2D eigenvalue weighted by Crippen LogP contribution is -2.45. The first-order valence-corrected chi connectivity index (χ1v) is 11.0. The number of nitrogens with one attached hydrogen (secondary N) is 3. The van der Waals surface area contributed by atoms with Gasteiger partial charge in [-0.05, 0) is 63.4 Å². The summed E-state index contributed by atoms with van der Waals surface area (Å²) in [4.78, 5) is 4.87. The van der Waals surface area contributed by atoms with Crippen molar-refractivity contribution in [3.63, 3.8) is 0 Å². The number of aromatic nitrogens is 3. The van der Waals surface area contributed by atoms with Gasteiger partial charge >= 0.3 is 0 Å². The maximum Gasteiger partial charge on any atom is 0.159 e. The third-order valence-corrected chi connectivity index (χ3v) is 5.81. The number of hydrogen-bond acceptors (Lipinski definition) is 6. The molecule has 2 unspecified atom stereocenters. The van der Waals surface area contributed by atoms with Crippen LogP contribution in [0.4, 0.5) is 17.3 Å². The molecule has 1 saturated heterocycles. The minimum absolute atomic E-state index is 0.383. The Morgan fingerprint density at radius 3 is 2.80 bits per heavy atom. The Hall–Kier alpha value is -2.80. The predicted octanol–water partition coefficient (Wildman–Crippen LogP) is 4.37. The largest absolute Gasteiger partial charge is 0.494 e. The fourth-order valence-electron chi connectivity index (χ4n) is 4.22. The average molecular weight is 409 g/mol. The second-order valence-electron chi connectivity index (χ2n) is 7.91. The van der Waals surface area contributed by atoms with Crippen molar-refractivity contribution in [3.8, 4) is 5.75 Å². The van der Waals surface area contributed by atoms with Gasteiger partial charge in [-0.2, -0.15) is 9.61 Å². The second kappa shape index (κ2) is 9.34. The highest BCUT2D eigenvalue weighted by Gasteiger charge is 2.25. The molecule has 0 saturated carbocycles. The second-order valence-corrected chi connectivity index (χ2v) is 7.91. The molecular formula is C23H32N6O. The van der Waals surface area contributed by atoms with Crippen molar-refractivity contribution in [2.75, 3.05) is 30.3 Å². The molecule has 30 heavy (non-hydrogen) atoms. The van der Waals surface area contributed by atoms with E-state index in [2.05, 4.69) is 34.9 Å². The van der Waals surface area contributed by atoms with Crippen LogP contribution in [-0.4, -0.2) is 40.3 Å². The monoisotopic (exact) mass is 408 g/mol. The number of fused-ring (bicyclic) bond motifs is 1. The van der Waals surface area contributed by atoms with Crippen molar-refractivity contribution in [3.05, 3.63) is 42.1 Å². The van der Waals surface area contributed by atoms with Gasteiger partial charge in [0.25, 0.3) is 0 Å². The molecule has 3 heterocycles. The number of rotatable bonds is 8. The van der Waals surface area contributed by atoms with Crippen LogP contribution in [0.3, 0.4) is 0 Å². The van der Waals surface area contributed by atoms with Gasteiger partial charge in [-0.1, -0.05) is 13.3 Å². The van der Waals surface area contributed by atoms with E-state index >= 15 is 0 Å². The van der Waals surface area contributed by atoms with Crippen LogP contribution in [0.15, 0.2) is 36.5 Å². The molecule has 160 valence electrons. The third-order valence-electron chi connectivity index (χ3n) is 5.81. The first-order valence-electron chi connectivity index (χ1n) is 11.0. The molecule has 0 amide bonds. The van der Waals surface area contributed by atoms with Crippen LogP contribution in [0, 0.1) is 12.8 Å². The Bertz CT molecular complexity index is 966. The molecule has 0 aliphatic carbocycles. The van der Waals surface area contributed by atoms with Crippen molar-refractivity contribution in [2.45, 2.75) is 46.1 Å². The molecule has 1 fully saturated rings. The van der Waals surface area contributed by atoms with Gasteiger partial charge in [-0.3, -0.25) is 0 Å². The van der Waals surface area contributed by atoms with Crippen molar-refractivity contribution < 1.29 is 4.74 Å². The SMILES string of the molecule is CCCC1CCNCC1Nc1nc2ccnn2c(Nc2ccc(OCC)cc2)c1C. The van der Waals surface area contributed by atoms with E-state index in [1.54, 1.807) is 6.20 Å². The van der Waals surface area contributed by atoms with E-state index in [0.717, 1.165) is 47.4 Å². The lowest BCUT2D eigenvalue weighted by Gasteiger charge is -2.33. The van der Waals surface area contributed by atoms with Crippen molar-refractivity contribution >= 4 is 23.0 Å². The number of hydrogen-bond donors (Lipinski definition) is 3. The maximum absolute atomic E-state index is 5.55. The summed E-state index contributed by atoms with van der Waals surface area (Å²) in [5, 5.41) is 15.3. The van der Waals surface area contributed by atoms with Crippen LogP contribution < -0.4 is 20.7 Å². The molecule has 1 aromatic carbocycles. The van der Waals surface area contributed by atoms with E-state index in [4.69, 9.17) is 9.72 Å². The van der Waals surface area contributed by atoms with Crippen LogP contribution in [0.1, 0.15) is 38.7 Å². The molecule has 2 atom stereocenters. The fourth-order valence-corrected chi connectivity index (χ4v) is 4.22. The number of piperidine rings is 1. The highest BCUT2D eigenvalue weighted by Crippen LogP contribution is 2.29.